The maximum Gasteiger partial charge on any atom is 0.176 e. The van der Waals surface area contributed by atoms with E-state index in [1.807, 2.05) is 12.1 Å². The van der Waals surface area contributed by atoms with Gasteiger partial charge in [-0.3, -0.25) is 0 Å². The maximum absolute atomic E-state index is 8.94. The molecule has 88 valence electrons. The number of allylic oxidation sites excluding steroid dienone is 1. The van der Waals surface area contributed by atoms with Crippen molar-refractivity contribution in [2.45, 2.75) is 12.5 Å². The molecule has 0 saturated heterocycles. The molecule has 0 amide bonds. The summed E-state index contributed by atoms with van der Waals surface area (Å²) in [4.78, 5) is 8.19. The molecule has 7 heteroatoms. The van der Waals surface area contributed by atoms with Gasteiger partial charge in [-0.05, 0) is 12.2 Å². The minimum Gasteiger partial charge on any atom is -0.304 e. The van der Waals surface area contributed by atoms with Crippen LogP contribution in [-0.4, -0.2) is 14.5 Å². The normalized spacial score (nSPS) is 10.2. The largest absolute Gasteiger partial charge is 0.304 e. The van der Waals surface area contributed by atoms with E-state index in [1.165, 1.54) is 17.7 Å². The number of nitriles is 2. The van der Waals surface area contributed by atoms with Gasteiger partial charge in [0.15, 0.2) is 15.5 Å². The van der Waals surface area contributed by atoms with Gasteiger partial charge in [0.1, 0.15) is 6.33 Å². The zero-order chi connectivity index (χ0) is 13.1. The third kappa shape index (κ3) is 1.90. The summed E-state index contributed by atoms with van der Waals surface area (Å²) in [7, 11) is 0. The molecule has 2 aromatic heterocycles. The van der Waals surface area contributed by atoms with Crippen LogP contribution in [0.1, 0.15) is 11.6 Å². The van der Waals surface area contributed by atoms with Crippen LogP contribution in [0.15, 0.2) is 19.0 Å². The first kappa shape index (κ1) is 12.4. The predicted molar refractivity (Wildman–Crippen MR) is 70.4 cm³/mol. The SMILES string of the molecule is C=CCn1c(=S)sc2c(C(C#N)C#N)ncnc21. The molecule has 0 radical (unpaired) electrons. The highest BCUT2D eigenvalue weighted by Crippen LogP contribution is 2.27. The maximum atomic E-state index is 8.94. The van der Waals surface area contributed by atoms with E-state index in [-0.39, 0.29) is 0 Å². The molecular weight excluding hydrogens is 266 g/mol. The quantitative estimate of drug-likeness (QED) is 0.634. The summed E-state index contributed by atoms with van der Waals surface area (Å²) in [6.45, 7) is 4.20. The Morgan fingerprint density at radius 3 is 2.83 bits per heavy atom. The number of hydrogen-bond acceptors (Lipinski definition) is 6. The van der Waals surface area contributed by atoms with Crippen LogP contribution in [0, 0.1) is 26.6 Å². The highest BCUT2D eigenvalue weighted by atomic mass is 32.1. The Morgan fingerprint density at radius 1 is 1.50 bits per heavy atom. The molecule has 0 fully saturated rings. The first-order chi connectivity index (χ1) is 8.72. The van der Waals surface area contributed by atoms with Crippen molar-refractivity contribution in [2.24, 2.45) is 0 Å². The molecule has 0 aliphatic carbocycles. The summed E-state index contributed by atoms with van der Waals surface area (Å²) in [5, 5.41) is 17.9. The van der Waals surface area contributed by atoms with Crippen LogP contribution in [0.5, 0.6) is 0 Å². The molecule has 0 aliphatic heterocycles. The van der Waals surface area contributed by atoms with Crippen LogP contribution in [0.25, 0.3) is 10.3 Å². The standard InChI is InChI=1S/C11H7N5S2/c1-2-3-16-10-9(18-11(16)17)8(14-6-15-10)7(4-12)5-13/h2,6-7H,1,3H2. The second-order valence-corrected chi connectivity index (χ2v) is 5.01. The van der Waals surface area contributed by atoms with E-state index in [1.54, 1.807) is 10.6 Å². The average Bonchev–Trinajstić information content (AvgIpc) is 2.69. The van der Waals surface area contributed by atoms with Crippen molar-refractivity contribution >= 4 is 33.9 Å². The van der Waals surface area contributed by atoms with Crippen molar-refractivity contribution in [3.05, 3.63) is 28.6 Å². The molecule has 0 aromatic carbocycles. The van der Waals surface area contributed by atoms with Crippen LogP contribution in [0.4, 0.5) is 0 Å². The van der Waals surface area contributed by atoms with E-state index >= 15 is 0 Å². The number of fused-ring (bicyclic) bond motifs is 1. The number of aromatic nitrogens is 3. The fraction of sp³-hybridized carbons (Fsp3) is 0.182. The van der Waals surface area contributed by atoms with Gasteiger partial charge in [-0.15, -0.1) is 17.9 Å². The number of hydrogen-bond donors (Lipinski definition) is 0. The van der Waals surface area contributed by atoms with Gasteiger partial charge in [0, 0.05) is 6.54 Å². The molecule has 0 saturated carbocycles. The second kappa shape index (κ2) is 5.05. The Bertz CT molecular complexity index is 729. The molecule has 5 nitrogen and oxygen atoms in total. The lowest BCUT2D eigenvalue weighted by molar-refractivity contribution is 0.842. The van der Waals surface area contributed by atoms with Crippen molar-refractivity contribution in [1.82, 2.24) is 14.5 Å². The number of nitrogens with zero attached hydrogens (tertiary/aromatic N) is 5. The Balaban J connectivity index is 2.77. The van der Waals surface area contributed by atoms with E-state index < -0.39 is 5.92 Å². The monoisotopic (exact) mass is 273 g/mol. The van der Waals surface area contributed by atoms with Gasteiger partial charge in [0.25, 0.3) is 0 Å². The third-order valence-corrected chi connectivity index (χ3v) is 3.78. The van der Waals surface area contributed by atoms with Gasteiger partial charge >= 0.3 is 0 Å². The van der Waals surface area contributed by atoms with Crippen LogP contribution in [-0.2, 0) is 6.54 Å². The molecule has 0 N–H and O–H groups in total. The van der Waals surface area contributed by atoms with Crippen molar-refractivity contribution in [3.8, 4) is 12.1 Å². The van der Waals surface area contributed by atoms with E-state index in [0.29, 0.717) is 26.5 Å². The van der Waals surface area contributed by atoms with Gasteiger partial charge in [0.2, 0.25) is 0 Å². The molecule has 2 rings (SSSR count). The summed E-state index contributed by atoms with van der Waals surface area (Å²) < 4.78 is 3.12. The zero-order valence-corrected chi connectivity index (χ0v) is 10.8. The van der Waals surface area contributed by atoms with Crippen LogP contribution in [0.2, 0.25) is 0 Å². The van der Waals surface area contributed by atoms with E-state index in [2.05, 4.69) is 16.5 Å². The van der Waals surface area contributed by atoms with Gasteiger partial charge < -0.3 is 4.57 Å². The smallest absolute Gasteiger partial charge is 0.176 e. The number of thiazole rings is 1. The first-order valence-corrected chi connectivity index (χ1v) is 6.19. The van der Waals surface area contributed by atoms with Gasteiger partial charge in [-0.25, -0.2) is 9.97 Å². The topological polar surface area (TPSA) is 78.3 Å². The highest BCUT2D eigenvalue weighted by molar-refractivity contribution is 7.73. The molecule has 0 spiro atoms. The highest BCUT2D eigenvalue weighted by Gasteiger charge is 2.18. The summed E-state index contributed by atoms with van der Waals surface area (Å²) in [5.74, 6) is -0.902. The summed E-state index contributed by atoms with van der Waals surface area (Å²) in [6, 6.07) is 3.83. The first-order valence-electron chi connectivity index (χ1n) is 4.97. The Hall–Kier alpha value is -2.09. The summed E-state index contributed by atoms with van der Waals surface area (Å²) in [6.07, 6.45) is 3.07. The lowest BCUT2D eigenvalue weighted by Gasteiger charge is -2.02. The minimum absolute atomic E-state index is 0.420. The molecule has 2 aromatic rings. The molecule has 2 heterocycles. The molecule has 0 bridgehead atoms. The van der Waals surface area contributed by atoms with Crippen molar-refractivity contribution in [2.75, 3.05) is 0 Å². The lowest BCUT2D eigenvalue weighted by Crippen LogP contribution is -2.00. The predicted octanol–water partition coefficient (Wildman–Crippen LogP) is 2.54. The van der Waals surface area contributed by atoms with Crippen molar-refractivity contribution in [3.63, 3.8) is 0 Å². The van der Waals surface area contributed by atoms with E-state index in [9.17, 15) is 0 Å². The Kier molecular flexibility index (Phi) is 3.47. The van der Waals surface area contributed by atoms with Gasteiger partial charge in [0.05, 0.1) is 22.5 Å². The molecule has 0 aliphatic rings. The molecule has 0 atom stereocenters. The van der Waals surface area contributed by atoms with Gasteiger partial charge in [-0.2, -0.15) is 10.5 Å². The van der Waals surface area contributed by atoms with Crippen LogP contribution in [0.3, 0.4) is 0 Å². The lowest BCUT2D eigenvalue weighted by atomic mass is 10.1. The molecule has 18 heavy (non-hydrogen) atoms. The average molecular weight is 273 g/mol. The van der Waals surface area contributed by atoms with E-state index in [4.69, 9.17) is 22.7 Å². The Morgan fingerprint density at radius 2 is 2.22 bits per heavy atom. The van der Waals surface area contributed by atoms with Crippen molar-refractivity contribution in [1.29, 1.82) is 10.5 Å². The zero-order valence-electron chi connectivity index (χ0n) is 9.20. The third-order valence-electron chi connectivity index (χ3n) is 2.32. The second-order valence-electron chi connectivity index (χ2n) is 3.37. The van der Waals surface area contributed by atoms with Crippen LogP contribution < -0.4 is 0 Å². The number of rotatable bonds is 3. The minimum atomic E-state index is -0.902. The fourth-order valence-corrected chi connectivity index (χ4v) is 2.93. The fourth-order valence-electron chi connectivity index (χ4n) is 1.54. The molecule has 0 unspecified atom stereocenters. The van der Waals surface area contributed by atoms with Gasteiger partial charge in [-0.1, -0.05) is 6.08 Å². The van der Waals surface area contributed by atoms with Crippen LogP contribution >= 0.6 is 23.6 Å². The summed E-state index contributed by atoms with van der Waals surface area (Å²) >= 11 is 6.54. The molecular formula is C11H7N5S2. The van der Waals surface area contributed by atoms with E-state index in [0.717, 1.165) is 0 Å². The Labute approximate surface area is 112 Å². The summed E-state index contributed by atoms with van der Waals surface area (Å²) in [5.41, 5.74) is 1.06. The van der Waals surface area contributed by atoms with Crippen molar-refractivity contribution < 1.29 is 0 Å².